The first kappa shape index (κ1) is 17.2. The van der Waals surface area contributed by atoms with Gasteiger partial charge in [0.05, 0.1) is 12.6 Å². The highest BCUT2D eigenvalue weighted by Crippen LogP contribution is 2.27. The molecule has 4 nitrogen and oxygen atoms in total. The molecule has 0 bridgehead atoms. The van der Waals surface area contributed by atoms with Gasteiger partial charge in [-0.1, -0.05) is 15.9 Å². The number of halogens is 1. The highest BCUT2D eigenvalue weighted by atomic mass is 79.9. The van der Waals surface area contributed by atoms with Crippen molar-refractivity contribution in [3.63, 3.8) is 0 Å². The van der Waals surface area contributed by atoms with Crippen LogP contribution in [-0.2, 0) is 6.54 Å². The minimum Gasteiger partial charge on any atom is -0.460 e. The van der Waals surface area contributed by atoms with Crippen molar-refractivity contribution in [3.05, 3.63) is 46.1 Å². The Hall–Kier alpha value is -1.14. The third kappa shape index (κ3) is 5.25. The smallest absolute Gasteiger partial charge is 0.134 e. The Bertz CT molecular complexity index is 596. The van der Waals surface area contributed by atoms with E-state index in [9.17, 15) is 0 Å². The highest BCUT2D eigenvalue weighted by molar-refractivity contribution is 9.10. The van der Waals surface area contributed by atoms with Gasteiger partial charge in [-0.15, -0.1) is 0 Å². The number of hydrogen-bond acceptors (Lipinski definition) is 4. The van der Waals surface area contributed by atoms with E-state index in [1.165, 1.54) is 5.56 Å². The summed E-state index contributed by atoms with van der Waals surface area (Å²) in [7, 11) is 0. The SMILES string of the molecule is Cc1cc(Br)ccc1-c1ccc(CNCCNC[C@@H](C)O)o1. The second-order valence-corrected chi connectivity index (χ2v) is 6.37. The standard InChI is InChI=1S/C17H23BrN2O2/c1-12-9-14(18)3-5-16(12)17-6-4-15(22-17)11-20-8-7-19-10-13(2)21/h3-6,9,13,19-21H,7-8,10-11H2,1-2H3/t13-/m1/s1. The van der Waals surface area contributed by atoms with Gasteiger partial charge in [0, 0.05) is 29.7 Å². The minimum absolute atomic E-state index is 0.304. The van der Waals surface area contributed by atoms with Crippen LogP contribution in [0.15, 0.2) is 39.2 Å². The summed E-state index contributed by atoms with van der Waals surface area (Å²) in [6, 6.07) is 10.2. The summed E-state index contributed by atoms with van der Waals surface area (Å²) >= 11 is 3.48. The molecular formula is C17H23BrN2O2. The van der Waals surface area contributed by atoms with Crippen LogP contribution in [0.2, 0.25) is 0 Å². The highest BCUT2D eigenvalue weighted by Gasteiger charge is 2.07. The lowest BCUT2D eigenvalue weighted by Crippen LogP contribution is -2.31. The van der Waals surface area contributed by atoms with E-state index in [2.05, 4.69) is 45.6 Å². The molecule has 0 aliphatic rings. The van der Waals surface area contributed by atoms with E-state index in [1.807, 2.05) is 18.2 Å². The average molecular weight is 367 g/mol. The quantitative estimate of drug-likeness (QED) is 0.628. The van der Waals surface area contributed by atoms with Crippen LogP contribution in [0, 0.1) is 6.92 Å². The van der Waals surface area contributed by atoms with E-state index < -0.39 is 0 Å². The van der Waals surface area contributed by atoms with E-state index in [4.69, 9.17) is 9.52 Å². The molecule has 3 N–H and O–H groups in total. The van der Waals surface area contributed by atoms with Gasteiger partial charge >= 0.3 is 0 Å². The maximum atomic E-state index is 9.14. The first-order valence-electron chi connectivity index (χ1n) is 7.51. The normalized spacial score (nSPS) is 12.5. The van der Waals surface area contributed by atoms with Crippen LogP contribution in [-0.4, -0.2) is 30.8 Å². The molecule has 0 aliphatic heterocycles. The molecule has 0 aliphatic carbocycles. The number of hydrogen-bond donors (Lipinski definition) is 3. The zero-order valence-corrected chi connectivity index (χ0v) is 14.6. The fourth-order valence-corrected chi connectivity index (χ4v) is 2.70. The molecule has 22 heavy (non-hydrogen) atoms. The van der Waals surface area contributed by atoms with Gasteiger partial charge in [0.1, 0.15) is 11.5 Å². The van der Waals surface area contributed by atoms with Crippen molar-refractivity contribution in [1.82, 2.24) is 10.6 Å². The maximum absolute atomic E-state index is 9.14. The van der Waals surface area contributed by atoms with Crippen molar-refractivity contribution in [2.75, 3.05) is 19.6 Å². The summed E-state index contributed by atoms with van der Waals surface area (Å²) in [5.41, 5.74) is 2.30. The van der Waals surface area contributed by atoms with Crippen molar-refractivity contribution in [1.29, 1.82) is 0 Å². The van der Waals surface area contributed by atoms with Crippen molar-refractivity contribution in [2.45, 2.75) is 26.5 Å². The van der Waals surface area contributed by atoms with E-state index in [-0.39, 0.29) is 6.10 Å². The van der Waals surface area contributed by atoms with Crippen LogP contribution in [0.5, 0.6) is 0 Å². The molecule has 2 rings (SSSR count). The molecule has 1 heterocycles. The van der Waals surface area contributed by atoms with Gasteiger partial charge in [0.25, 0.3) is 0 Å². The van der Waals surface area contributed by atoms with Crippen LogP contribution in [0.25, 0.3) is 11.3 Å². The first-order chi connectivity index (χ1) is 10.6. The Labute approximate surface area is 140 Å². The van der Waals surface area contributed by atoms with Gasteiger partial charge in [0.15, 0.2) is 0 Å². The van der Waals surface area contributed by atoms with Gasteiger partial charge in [-0.2, -0.15) is 0 Å². The van der Waals surface area contributed by atoms with Crippen LogP contribution in [0.4, 0.5) is 0 Å². The molecule has 2 aromatic rings. The Balaban J connectivity index is 1.81. The Kier molecular flexibility index (Phi) is 6.64. The van der Waals surface area contributed by atoms with Crippen LogP contribution in [0.1, 0.15) is 18.2 Å². The topological polar surface area (TPSA) is 57.4 Å². The molecule has 0 saturated heterocycles. The maximum Gasteiger partial charge on any atom is 0.134 e. The molecule has 0 unspecified atom stereocenters. The second kappa shape index (κ2) is 8.48. The van der Waals surface area contributed by atoms with Gasteiger partial charge in [-0.25, -0.2) is 0 Å². The second-order valence-electron chi connectivity index (χ2n) is 5.46. The van der Waals surface area contributed by atoms with E-state index >= 15 is 0 Å². The van der Waals surface area contributed by atoms with E-state index in [1.54, 1.807) is 6.92 Å². The molecule has 0 radical (unpaired) electrons. The number of benzene rings is 1. The van der Waals surface area contributed by atoms with Gasteiger partial charge < -0.3 is 20.2 Å². The van der Waals surface area contributed by atoms with Gasteiger partial charge in [-0.3, -0.25) is 0 Å². The van der Waals surface area contributed by atoms with Crippen molar-refractivity contribution in [3.8, 4) is 11.3 Å². The van der Waals surface area contributed by atoms with Gasteiger partial charge in [0.2, 0.25) is 0 Å². The van der Waals surface area contributed by atoms with Crippen molar-refractivity contribution >= 4 is 15.9 Å². The monoisotopic (exact) mass is 366 g/mol. The Morgan fingerprint density at radius 3 is 2.68 bits per heavy atom. The molecule has 0 fully saturated rings. The number of rotatable bonds is 8. The predicted octanol–water partition coefficient (Wildman–Crippen LogP) is 3.08. The lowest BCUT2D eigenvalue weighted by atomic mass is 10.1. The van der Waals surface area contributed by atoms with E-state index in [0.717, 1.165) is 34.6 Å². The Morgan fingerprint density at radius 2 is 1.95 bits per heavy atom. The summed E-state index contributed by atoms with van der Waals surface area (Å²) in [4.78, 5) is 0. The number of nitrogens with one attached hydrogen (secondary N) is 2. The third-order valence-corrected chi connectivity index (χ3v) is 3.83. The van der Waals surface area contributed by atoms with Crippen LogP contribution in [0.3, 0.4) is 0 Å². The minimum atomic E-state index is -0.304. The summed E-state index contributed by atoms with van der Waals surface area (Å²) < 4.78 is 6.97. The zero-order valence-electron chi connectivity index (χ0n) is 13.0. The fourth-order valence-electron chi connectivity index (χ4n) is 2.22. The molecule has 0 saturated carbocycles. The van der Waals surface area contributed by atoms with Crippen molar-refractivity contribution in [2.24, 2.45) is 0 Å². The fraction of sp³-hybridized carbons (Fsp3) is 0.412. The van der Waals surface area contributed by atoms with Gasteiger partial charge in [-0.05, 0) is 49.7 Å². The summed E-state index contributed by atoms with van der Waals surface area (Å²) in [5, 5.41) is 15.6. The molecule has 1 aromatic carbocycles. The average Bonchev–Trinajstić information content (AvgIpc) is 2.91. The molecule has 1 atom stereocenters. The first-order valence-corrected chi connectivity index (χ1v) is 8.30. The van der Waals surface area contributed by atoms with E-state index in [0.29, 0.717) is 13.1 Å². The molecule has 0 amide bonds. The molecule has 120 valence electrons. The largest absolute Gasteiger partial charge is 0.460 e. The Morgan fingerprint density at radius 1 is 1.18 bits per heavy atom. The van der Waals surface area contributed by atoms with Crippen LogP contribution < -0.4 is 10.6 Å². The molecule has 5 heteroatoms. The summed E-state index contributed by atoms with van der Waals surface area (Å²) in [5.74, 6) is 1.82. The zero-order chi connectivity index (χ0) is 15.9. The molecular weight excluding hydrogens is 344 g/mol. The third-order valence-electron chi connectivity index (χ3n) is 3.33. The lowest BCUT2D eigenvalue weighted by Gasteiger charge is -2.07. The molecule has 1 aromatic heterocycles. The number of aliphatic hydroxyl groups is 1. The number of aryl methyl sites for hydroxylation is 1. The predicted molar refractivity (Wildman–Crippen MR) is 92.8 cm³/mol. The summed E-state index contributed by atoms with van der Waals surface area (Å²) in [6.07, 6.45) is -0.304. The number of furan rings is 1. The lowest BCUT2D eigenvalue weighted by molar-refractivity contribution is 0.191. The van der Waals surface area contributed by atoms with Crippen molar-refractivity contribution < 1.29 is 9.52 Å². The number of aliphatic hydroxyl groups excluding tert-OH is 1. The summed E-state index contributed by atoms with van der Waals surface area (Å²) in [6.45, 7) is 6.83. The molecule has 0 spiro atoms. The van der Waals surface area contributed by atoms with Crippen LogP contribution >= 0.6 is 15.9 Å².